The molecule has 1 aromatic carbocycles. The molecule has 78 valence electrons. The molecule has 0 saturated carbocycles. The average Bonchev–Trinajstić information content (AvgIpc) is 2.58. The number of nitrogens with one attached hydrogen (secondary N) is 1. The number of hydrogen-bond donors (Lipinski definition) is 1. The maximum absolute atomic E-state index is 5.10. The SMILES string of the molecule is Cc1cc(C)c(-c2coc(=S)[nH]2)cc1C. The van der Waals surface area contributed by atoms with E-state index in [4.69, 9.17) is 16.6 Å². The molecule has 0 aliphatic rings. The van der Waals surface area contributed by atoms with Crippen LogP contribution < -0.4 is 0 Å². The fourth-order valence-electron chi connectivity index (χ4n) is 1.66. The highest BCUT2D eigenvalue weighted by Crippen LogP contribution is 2.25. The first-order valence-electron chi connectivity index (χ1n) is 4.84. The topological polar surface area (TPSA) is 28.9 Å². The molecule has 0 fully saturated rings. The largest absolute Gasteiger partial charge is 0.437 e. The minimum atomic E-state index is 0.419. The predicted molar refractivity (Wildman–Crippen MR) is 63.5 cm³/mol. The Hall–Kier alpha value is -1.35. The molecule has 1 aromatic heterocycles. The molecular weight excluding hydrogens is 206 g/mol. The van der Waals surface area contributed by atoms with Crippen molar-refractivity contribution in [1.82, 2.24) is 4.98 Å². The Bertz CT molecular complexity index is 551. The van der Waals surface area contributed by atoms with Crippen LogP contribution >= 0.6 is 12.2 Å². The summed E-state index contributed by atoms with van der Waals surface area (Å²) in [5.74, 6) is 0. The number of H-pyrrole nitrogens is 1. The summed E-state index contributed by atoms with van der Waals surface area (Å²) < 4.78 is 5.10. The molecule has 2 nitrogen and oxygen atoms in total. The molecule has 0 bridgehead atoms. The maximum atomic E-state index is 5.10. The fourth-order valence-corrected chi connectivity index (χ4v) is 1.82. The summed E-state index contributed by atoms with van der Waals surface area (Å²) in [4.78, 5) is 3.45. The highest BCUT2D eigenvalue weighted by molar-refractivity contribution is 7.71. The van der Waals surface area contributed by atoms with Gasteiger partial charge in [-0.2, -0.15) is 0 Å². The maximum Gasteiger partial charge on any atom is 0.266 e. The van der Waals surface area contributed by atoms with Crippen molar-refractivity contribution in [1.29, 1.82) is 0 Å². The van der Waals surface area contributed by atoms with E-state index in [9.17, 15) is 0 Å². The second-order valence-electron chi connectivity index (χ2n) is 3.81. The monoisotopic (exact) mass is 219 g/mol. The Balaban J connectivity index is 2.63. The van der Waals surface area contributed by atoms with E-state index in [1.165, 1.54) is 16.7 Å². The van der Waals surface area contributed by atoms with Crippen LogP contribution in [0.25, 0.3) is 11.3 Å². The normalized spacial score (nSPS) is 10.6. The van der Waals surface area contributed by atoms with Crippen LogP contribution in [0, 0.1) is 25.6 Å². The molecule has 2 rings (SSSR count). The second-order valence-corrected chi connectivity index (χ2v) is 4.18. The van der Waals surface area contributed by atoms with Crippen LogP contribution in [0.15, 0.2) is 22.8 Å². The summed E-state index contributed by atoms with van der Waals surface area (Å²) in [6, 6.07) is 4.33. The van der Waals surface area contributed by atoms with E-state index in [1.807, 2.05) is 0 Å². The van der Waals surface area contributed by atoms with Gasteiger partial charge in [0.25, 0.3) is 4.84 Å². The lowest BCUT2D eigenvalue weighted by Gasteiger charge is -2.07. The Morgan fingerprint density at radius 3 is 2.33 bits per heavy atom. The van der Waals surface area contributed by atoms with Gasteiger partial charge in [-0.3, -0.25) is 0 Å². The van der Waals surface area contributed by atoms with E-state index in [1.54, 1.807) is 6.26 Å². The van der Waals surface area contributed by atoms with Crippen molar-refractivity contribution in [2.24, 2.45) is 0 Å². The molecule has 0 amide bonds. The van der Waals surface area contributed by atoms with Gasteiger partial charge in [-0.05, 0) is 55.7 Å². The highest BCUT2D eigenvalue weighted by Gasteiger charge is 2.06. The van der Waals surface area contributed by atoms with Gasteiger partial charge in [0, 0.05) is 5.56 Å². The summed E-state index contributed by atoms with van der Waals surface area (Å²) in [6.45, 7) is 6.31. The van der Waals surface area contributed by atoms with Gasteiger partial charge in [0.05, 0.1) is 5.69 Å². The van der Waals surface area contributed by atoms with E-state index in [0.29, 0.717) is 4.84 Å². The van der Waals surface area contributed by atoms with Crippen molar-refractivity contribution in [3.8, 4) is 11.3 Å². The molecule has 15 heavy (non-hydrogen) atoms. The summed E-state index contributed by atoms with van der Waals surface area (Å²) >= 11 is 4.91. The van der Waals surface area contributed by atoms with Gasteiger partial charge in [-0.1, -0.05) is 6.07 Å². The van der Waals surface area contributed by atoms with E-state index < -0.39 is 0 Å². The quantitative estimate of drug-likeness (QED) is 0.736. The zero-order valence-electron chi connectivity index (χ0n) is 9.05. The Labute approximate surface area is 94.0 Å². The first-order valence-corrected chi connectivity index (χ1v) is 5.25. The number of hydrogen-bond acceptors (Lipinski definition) is 2. The summed E-state index contributed by atoms with van der Waals surface area (Å²) in [5.41, 5.74) is 5.90. The third-order valence-corrected chi connectivity index (χ3v) is 2.85. The van der Waals surface area contributed by atoms with Crippen molar-refractivity contribution in [2.45, 2.75) is 20.8 Å². The molecule has 0 unspecified atom stereocenters. The summed E-state index contributed by atoms with van der Waals surface area (Å²) in [5, 5.41) is 0. The number of aromatic amines is 1. The Morgan fingerprint density at radius 2 is 1.73 bits per heavy atom. The lowest BCUT2D eigenvalue weighted by Crippen LogP contribution is -1.88. The zero-order valence-corrected chi connectivity index (χ0v) is 9.87. The van der Waals surface area contributed by atoms with Gasteiger partial charge in [0.1, 0.15) is 6.26 Å². The first-order chi connectivity index (χ1) is 7.08. The van der Waals surface area contributed by atoms with Gasteiger partial charge in [-0.25, -0.2) is 0 Å². The van der Waals surface area contributed by atoms with E-state index in [0.717, 1.165) is 11.3 Å². The second kappa shape index (κ2) is 3.66. The van der Waals surface area contributed by atoms with Crippen molar-refractivity contribution in [3.05, 3.63) is 39.9 Å². The lowest BCUT2D eigenvalue weighted by atomic mass is 9.99. The molecule has 0 spiro atoms. The van der Waals surface area contributed by atoms with Gasteiger partial charge in [0.15, 0.2) is 0 Å². The van der Waals surface area contributed by atoms with Gasteiger partial charge >= 0.3 is 0 Å². The summed E-state index contributed by atoms with van der Waals surface area (Å²) in [7, 11) is 0. The van der Waals surface area contributed by atoms with Gasteiger partial charge in [0.2, 0.25) is 0 Å². The number of rotatable bonds is 1. The van der Waals surface area contributed by atoms with Crippen LogP contribution in [-0.2, 0) is 0 Å². The zero-order chi connectivity index (χ0) is 11.0. The molecule has 1 heterocycles. The van der Waals surface area contributed by atoms with Crippen LogP contribution in [0.4, 0.5) is 0 Å². The molecular formula is C12H13NOS. The Morgan fingerprint density at radius 1 is 1.07 bits per heavy atom. The molecule has 0 aliphatic carbocycles. The van der Waals surface area contributed by atoms with Gasteiger partial charge < -0.3 is 9.40 Å². The molecule has 3 heteroatoms. The van der Waals surface area contributed by atoms with Crippen molar-refractivity contribution < 1.29 is 4.42 Å². The van der Waals surface area contributed by atoms with E-state index >= 15 is 0 Å². The van der Waals surface area contributed by atoms with Crippen LogP contribution in [0.5, 0.6) is 0 Å². The third kappa shape index (κ3) is 1.88. The van der Waals surface area contributed by atoms with E-state index in [2.05, 4.69) is 37.9 Å². The van der Waals surface area contributed by atoms with Crippen LogP contribution in [0.1, 0.15) is 16.7 Å². The van der Waals surface area contributed by atoms with Crippen molar-refractivity contribution in [3.63, 3.8) is 0 Å². The predicted octanol–water partition coefficient (Wildman–Crippen LogP) is 3.93. The highest BCUT2D eigenvalue weighted by atomic mass is 32.1. The smallest absolute Gasteiger partial charge is 0.266 e. The van der Waals surface area contributed by atoms with Gasteiger partial charge in [-0.15, -0.1) is 0 Å². The molecule has 0 atom stereocenters. The van der Waals surface area contributed by atoms with E-state index in [-0.39, 0.29) is 0 Å². The first kappa shape index (κ1) is 10.2. The molecule has 0 saturated heterocycles. The number of aryl methyl sites for hydroxylation is 3. The Kier molecular flexibility index (Phi) is 2.49. The van der Waals surface area contributed by atoms with Crippen LogP contribution in [-0.4, -0.2) is 4.98 Å². The van der Waals surface area contributed by atoms with Crippen molar-refractivity contribution in [2.75, 3.05) is 0 Å². The minimum Gasteiger partial charge on any atom is -0.437 e. The molecule has 0 radical (unpaired) electrons. The number of benzene rings is 1. The number of oxazole rings is 1. The molecule has 1 N–H and O–H groups in total. The average molecular weight is 219 g/mol. The standard InChI is InChI=1S/C12H13NOS/c1-7-4-9(3)10(5-8(7)2)11-6-14-12(15)13-11/h4-6H,1-3H3,(H,13,15). The third-order valence-electron chi connectivity index (χ3n) is 2.65. The van der Waals surface area contributed by atoms with Crippen LogP contribution in [0.3, 0.4) is 0 Å². The van der Waals surface area contributed by atoms with Crippen molar-refractivity contribution >= 4 is 12.2 Å². The number of aromatic nitrogens is 1. The van der Waals surface area contributed by atoms with Crippen LogP contribution in [0.2, 0.25) is 0 Å². The molecule has 2 aromatic rings. The fraction of sp³-hybridized carbons (Fsp3) is 0.250. The lowest BCUT2D eigenvalue weighted by molar-refractivity contribution is 0.541. The molecule has 0 aliphatic heterocycles. The summed E-state index contributed by atoms with van der Waals surface area (Å²) in [6.07, 6.45) is 1.67. The minimum absolute atomic E-state index is 0.419.